The molecule has 2 aromatic carbocycles. The second-order valence-corrected chi connectivity index (χ2v) is 8.29. The van der Waals surface area contributed by atoms with E-state index in [1.165, 1.54) is 17.4 Å². The fourth-order valence-corrected chi connectivity index (χ4v) is 4.75. The van der Waals surface area contributed by atoms with Crippen LogP contribution in [-0.4, -0.2) is 15.5 Å². The predicted octanol–water partition coefficient (Wildman–Crippen LogP) is 3.17. The topological polar surface area (TPSA) is 68.4 Å². The van der Waals surface area contributed by atoms with Gasteiger partial charge in [-0.05, 0) is 30.7 Å². The van der Waals surface area contributed by atoms with E-state index < -0.39 is 0 Å². The van der Waals surface area contributed by atoms with E-state index in [1.54, 1.807) is 17.6 Å². The van der Waals surface area contributed by atoms with Crippen LogP contribution >= 0.6 is 22.9 Å². The largest absolute Gasteiger partial charge is 0.379 e. The van der Waals surface area contributed by atoms with Gasteiger partial charge in [0.15, 0.2) is 0 Å². The molecule has 8 heteroatoms. The maximum Gasteiger partial charge on any atom is 0.379 e. The minimum absolute atomic E-state index is 0.149. The molecule has 1 atom stereocenters. The third-order valence-electron chi connectivity index (χ3n) is 5.08. The molecule has 29 heavy (non-hydrogen) atoms. The Morgan fingerprint density at radius 3 is 2.69 bits per heavy atom. The first-order valence-corrected chi connectivity index (χ1v) is 10.2. The molecule has 0 bridgehead atoms. The van der Waals surface area contributed by atoms with Gasteiger partial charge in [-0.15, -0.1) is 5.01 Å². The van der Waals surface area contributed by atoms with E-state index in [0.717, 1.165) is 15.8 Å². The summed E-state index contributed by atoms with van der Waals surface area (Å²) in [4.78, 5) is 30.5. The quantitative estimate of drug-likeness (QED) is 0.531. The lowest BCUT2D eigenvalue weighted by Gasteiger charge is -2.12. The van der Waals surface area contributed by atoms with E-state index in [1.807, 2.05) is 42.5 Å². The molecule has 1 unspecified atom stereocenters. The Balaban J connectivity index is 1.56. The van der Waals surface area contributed by atoms with E-state index in [4.69, 9.17) is 11.6 Å². The number of para-hydroxylation sites is 1. The molecule has 2 N–H and O–H groups in total. The number of benzene rings is 2. The van der Waals surface area contributed by atoms with Gasteiger partial charge in [0.1, 0.15) is 11.3 Å². The molecule has 2 aromatic heterocycles. The second-order valence-electron chi connectivity index (χ2n) is 6.85. The molecule has 4 aromatic rings. The number of amides is 1. The number of anilines is 1. The van der Waals surface area contributed by atoms with E-state index in [9.17, 15) is 9.59 Å². The highest BCUT2D eigenvalue weighted by molar-refractivity contribution is 7.21. The predicted molar refractivity (Wildman–Crippen MR) is 114 cm³/mol. The second kappa shape index (κ2) is 6.81. The maximum absolute atomic E-state index is 13.2. The third-order valence-corrected chi connectivity index (χ3v) is 6.50. The molecule has 1 aliphatic heterocycles. The van der Waals surface area contributed by atoms with Crippen LogP contribution in [0, 0.1) is 6.92 Å². The molecule has 0 radical (unpaired) electrons. The molecular formula is C21H16ClN4O2S+. The first-order valence-electron chi connectivity index (χ1n) is 9.05. The molecule has 0 aliphatic carbocycles. The number of carbonyl (C=O) groups excluding carboxylic acids is 1. The average molecular weight is 424 g/mol. The van der Waals surface area contributed by atoms with Crippen LogP contribution in [0.3, 0.4) is 0 Å². The Labute approximate surface area is 175 Å². The molecule has 144 valence electrons. The van der Waals surface area contributed by atoms with Gasteiger partial charge < -0.3 is 4.57 Å². The van der Waals surface area contributed by atoms with E-state index >= 15 is 0 Å². The smallest absolute Gasteiger partial charge is 0.307 e. The minimum atomic E-state index is -0.188. The standard InChI is InChI=1S/C21H15ClN4O2S/c1-12-19-16(10-18(27)25(12)11-13-6-2-3-7-14(13)22)24-26(20(19)28)21-23-15-8-4-5-9-17(15)29-21/h2-10,24H,11H2,1H3/p+1. The van der Waals surface area contributed by atoms with E-state index in [-0.39, 0.29) is 11.5 Å². The van der Waals surface area contributed by atoms with Gasteiger partial charge in [-0.2, -0.15) is 4.98 Å². The van der Waals surface area contributed by atoms with Crippen molar-refractivity contribution in [1.82, 2.24) is 9.55 Å². The van der Waals surface area contributed by atoms with Gasteiger partial charge in [0.2, 0.25) is 0 Å². The van der Waals surface area contributed by atoms with Crippen molar-refractivity contribution >= 4 is 49.9 Å². The Kier molecular flexibility index (Phi) is 4.24. The van der Waals surface area contributed by atoms with Crippen LogP contribution in [0.2, 0.25) is 5.02 Å². The van der Waals surface area contributed by atoms with Gasteiger partial charge in [0, 0.05) is 16.8 Å². The lowest BCUT2D eigenvalue weighted by molar-refractivity contribution is -0.709. The first-order chi connectivity index (χ1) is 14.0. The Hall–Kier alpha value is -3.00. The highest BCUT2D eigenvalue weighted by atomic mass is 35.5. The molecule has 6 nitrogen and oxygen atoms in total. The number of nitrogens with zero attached hydrogens (tertiary/aromatic N) is 2. The summed E-state index contributed by atoms with van der Waals surface area (Å²) in [5.74, 6) is -0.149. The normalized spacial score (nSPS) is 15.5. The first kappa shape index (κ1) is 18.1. The molecule has 0 fully saturated rings. The number of fused-ring (bicyclic) bond motifs is 2. The highest BCUT2D eigenvalue weighted by Crippen LogP contribution is 2.26. The monoisotopic (exact) mass is 423 g/mol. The van der Waals surface area contributed by atoms with Crippen molar-refractivity contribution in [1.29, 1.82) is 0 Å². The number of nitrogens with one attached hydrogen (secondary N) is 2. The van der Waals surface area contributed by atoms with Gasteiger partial charge >= 0.3 is 11.0 Å². The van der Waals surface area contributed by atoms with Gasteiger partial charge in [-0.1, -0.05) is 53.3 Å². The van der Waals surface area contributed by atoms with Crippen molar-refractivity contribution in [3.05, 3.63) is 86.8 Å². The number of aromatic nitrogens is 2. The van der Waals surface area contributed by atoms with Gasteiger partial charge in [0.05, 0.1) is 16.8 Å². The Bertz CT molecular complexity index is 1310. The molecule has 0 spiro atoms. The highest BCUT2D eigenvalue weighted by Gasteiger charge is 2.39. The van der Waals surface area contributed by atoms with Gasteiger partial charge in [-0.3, -0.25) is 4.79 Å². The summed E-state index contributed by atoms with van der Waals surface area (Å²) < 4.78 is 2.59. The molecule has 1 amide bonds. The van der Waals surface area contributed by atoms with Crippen molar-refractivity contribution in [2.24, 2.45) is 0 Å². The molecule has 5 rings (SSSR count). The van der Waals surface area contributed by atoms with Crippen molar-refractivity contribution < 1.29 is 9.80 Å². The fourth-order valence-electron chi connectivity index (χ4n) is 3.59. The summed E-state index contributed by atoms with van der Waals surface area (Å²) >= 11 is 7.71. The summed E-state index contributed by atoms with van der Waals surface area (Å²) in [5, 5.41) is 1.63. The van der Waals surface area contributed by atoms with Gasteiger partial charge in [0.25, 0.3) is 5.56 Å². The number of hydrogen-bond acceptors (Lipinski definition) is 5. The summed E-state index contributed by atoms with van der Waals surface area (Å²) in [6.07, 6.45) is 0. The number of hydrogen-bond donors (Lipinski definition) is 2. The SMILES string of the molecule is Cc1c2c(cc(=O)n1Cc1ccccc1Cl)N[NH+](c1nc3ccccc3s1)C2=O. The van der Waals surface area contributed by atoms with Crippen LogP contribution in [0.25, 0.3) is 10.2 Å². The number of pyridine rings is 1. The van der Waals surface area contributed by atoms with Crippen LogP contribution in [0.1, 0.15) is 21.6 Å². The van der Waals surface area contributed by atoms with Crippen LogP contribution in [0.5, 0.6) is 0 Å². The number of thiazole rings is 1. The Morgan fingerprint density at radius 1 is 1.14 bits per heavy atom. The van der Waals surface area contributed by atoms with E-state index in [2.05, 4.69) is 10.4 Å². The fraction of sp³-hybridized carbons (Fsp3) is 0.0952. The minimum Gasteiger partial charge on any atom is -0.307 e. The summed E-state index contributed by atoms with van der Waals surface area (Å²) in [7, 11) is 0. The Morgan fingerprint density at radius 2 is 1.90 bits per heavy atom. The number of quaternary nitrogens is 1. The summed E-state index contributed by atoms with van der Waals surface area (Å²) in [6, 6.07) is 16.6. The zero-order valence-corrected chi connectivity index (χ0v) is 17.0. The maximum atomic E-state index is 13.2. The van der Waals surface area contributed by atoms with E-state index in [0.29, 0.717) is 38.7 Å². The van der Waals surface area contributed by atoms with Crippen molar-refractivity contribution in [3.63, 3.8) is 0 Å². The number of halogens is 1. The van der Waals surface area contributed by atoms with Crippen molar-refractivity contribution in [3.8, 4) is 0 Å². The average Bonchev–Trinajstić information content (AvgIpc) is 3.27. The molecule has 1 aliphatic rings. The lowest BCUT2D eigenvalue weighted by atomic mass is 10.1. The van der Waals surface area contributed by atoms with Crippen LogP contribution in [0.15, 0.2) is 59.4 Å². The number of rotatable bonds is 3. The zero-order chi connectivity index (χ0) is 20.1. The molecule has 3 heterocycles. The van der Waals surface area contributed by atoms with Crippen LogP contribution in [-0.2, 0) is 6.54 Å². The third kappa shape index (κ3) is 2.95. The summed E-state index contributed by atoms with van der Waals surface area (Å²) in [5.41, 5.74) is 6.26. The van der Waals surface area contributed by atoms with Crippen molar-refractivity contribution in [2.45, 2.75) is 13.5 Å². The van der Waals surface area contributed by atoms with Crippen LogP contribution < -0.4 is 16.0 Å². The zero-order valence-electron chi connectivity index (χ0n) is 15.4. The summed E-state index contributed by atoms with van der Waals surface area (Å²) in [6.45, 7) is 2.10. The van der Waals surface area contributed by atoms with Gasteiger partial charge in [-0.25, -0.2) is 10.2 Å². The lowest BCUT2D eigenvalue weighted by Crippen LogP contribution is -3.11. The van der Waals surface area contributed by atoms with Crippen molar-refractivity contribution in [2.75, 3.05) is 5.43 Å². The molecule has 0 saturated heterocycles. The molecule has 0 saturated carbocycles. The molecular weight excluding hydrogens is 408 g/mol. The number of carbonyl (C=O) groups is 1. The van der Waals surface area contributed by atoms with Crippen LogP contribution in [0.4, 0.5) is 10.8 Å².